The number of nitrogens with one attached hydrogen (secondary N) is 2. The molecule has 0 spiro atoms. The minimum absolute atomic E-state index is 0.0889. The summed E-state index contributed by atoms with van der Waals surface area (Å²) < 4.78 is 0. The maximum absolute atomic E-state index is 12.1. The molecular formula is C18H16ClN3O2. The summed E-state index contributed by atoms with van der Waals surface area (Å²) in [5, 5.41) is 17.0. The quantitative estimate of drug-likeness (QED) is 0.676. The fourth-order valence-corrected chi connectivity index (χ4v) is 2.49. The molecule has 0 aliphatic rings. The lowest BCUT2D eigenvalue weighted by molar-refractivity contribution is 0.175. The van der Waals surface area contributed by atoms with Crippen LogP contribution in [-0.2, 0) is 0 Å². The van der Waals surface area contributed by atoms with Crippen LogP contribution in [0, 0.1) is 0 Å². The summed E-state index contributed by atoms with van der Waals surface area (Å²) in [4.78, 5) is 16.3. The average Bonchev–Trinajstić information content (AvgIpc) is 2.61. The van der Waals surface area contributed by atoms with Crippen LogP contribution in [0.5, 0.6) is 0 Å². The smallest absolute Gasteiger partial charge is 0.319 e. The molecule has 3 aromatic rings. The van der Waals surface area contributed by atoms with Gasteiger partial charge in [-0.2, -0.15) is 0 Å². The number of pyridine rings is 1. The van der Waals surface area contributed by atoms with Gasteiger partial charge >= 0.3 is 6.03 Å². The molecule has 24 heavy (non-hydrogen) atoms. The molecular weight excluding hydrogens is 326 g/mol. The number of aromatic nitrogens is 1. The summed E-state index contributed by atoms with van der Waals surface area (Å²) in [6, 6.07) is 15.8. The van der Waals surface area contributed by atoms with E-state index >= 15 is 0 Å². The summed E-state index contributed by atoms with van der Waals surface area (Å²) >= 11 is 5.81. The Hall–Kier alpha value is -2.63. The maximum Gasteiger partial charge on any atom is 0.319 e. The molecule has 0 aliphatic heterocycles. The molecule has 3 rings (SSSR count). The molecule has 1 heterocycles. The van der Waals surface area contributed by atoms with E-state index in [0.29, 0.717) is 21.8 Å². The van der Waals surface area contributed by atoms with Gasteiger partial charge in [0.1, 0.15) is 0 Å². The molecule has 0 radical (unpaired) electrons. The molecule has 1 unspecified atom stereocenters. The summed E-state index contributed by atoms with van der Waals surface area (Å²) in [5.74, 6) is 0. The molecule has 0 saturated heterocycles. The van der Waals surface area contributed by atoms with E-state index in [4.69, 9.17) is 11.6 Å². The van der Waals surface area contributed by atoms with E-state index in [0.717, 1.165) is 5.39 Å². The molecule has 1 atom stereocenters. The van der Waals surface area contributed by atoms with Crippen LogP contribution in [0.2, 0.25) is 5.02 Å². The van der Waals surface area contributed by atoms with Gasteiger partial charge in [0.15, 0.2) is 0 Å². The monoisotopic (exact) mass is 341 g/mol. The number of amides is 2. The number of aliphatic hydroxyl groups is 1. The highest BCUT2D eigenvalue weighted by Crippen LogP contribution is 2.20. The minimum atomic E-state index is -0.807. The Labute approximate surface area is 144 Å². The van der Waals surface area contributed by atoms with Crippen molar-refractivity contribution in [3.8, 4) is 0 Å². The summed E-state index contributed by atoms with van der Waals surface area (Å²) in [5.41, 5.74) is 2.02. The van der Waals surface area contributed by atoms with Crippen molar-refractivity contribution >= 4 is 34.2 Å². The standard InChI is InChI=1S/C18H16ClN3O2/c19-14-8-6-12(7-9-14)16(23)11-21-18(24)22-15-5-1-3-13-4-2-10-20-17(13)15/h1-10,16,23H,11H2,(H2,21,22,24). The van der Waals surface area contributed by atoms with Crippen molar-refractivity contribution in [2.45, 2.75) is 6.10 Å². The number of fused-ring (bicyclic) bond motifs is 1. The van der Waals surface area contributed by atoms with Gasteiger partial charge in [0.25, 0.3) is 0 Å². The zero-order valence-corrected chi connectivity index (χ0v) is 13.5. The molecule has 5 nitrogen and oxygen atoms in total. The number of carbonyl (C=O) groups excluding carboxylic acids is 1. The van der Waals surface area contributed by atoms with Crippen LogP contribution in [0.4, 0.5) is 10.5 Å². The maximum atomic E-state index is 12.1. The van der Waals surface area contributed by atoms with Gasteiger partial charge in [-0.1, -0.05) is 41.9 Å². The number of nitrogens with zero attached hydrogens (tertiary/aromatic N) is 1. The molecule has 0 fully saturated rings. The lowest BCUT2D eigenvalue weighted by Gasteiger charge is -2.13. The van der Waals surface area contributed by atoms with Gasteiger partial charge in [0.05, 0.1) is 17.3 Å². The van der Waals surface area contributed by atoms with Crippen molar-refractivity contribution in [2.75, 3.05) is 11.9 Å². The van der Waals surface area contributed by atoms with Crippen LogP contribution in [-0.4, -0.2) is 22.7 Å². The third kappa shape index (κ3) is 3.82. The van der Waals surface area contributed by atoms with Crippen molar-refractivity contribution in [3.63, 3.8) is 0 Å². The summed E-state index contributed by atoms with van der Waals surface area (Å²) in [6.45, 7) is 0.0889. The third-order valence-corrected chi connectivity index (χ3v) is 3.84. The molecule has 1 aromatic heterocycles. The van der Waals surface area contributed by atoms with Crippen molar-refractivity contribution in [2.24, 2.45) is 0 Å². The fraction of sp³-hybridized carbons (Fsp3) is 0.111. The predicted molar refractivity (Wildman–Crippen MR) is 95.2 cm³/mol. The second-order valence-electron chi connectivity index (χ2n) is 5.28. The zero-order valence-electron chi connectivity index (χ0n) is 12.7. The predicted octanol–water partition coefficient (Wildman–Crippen LogP) is 3.74. The Kier molecular flexibility index (Phi) is 4.93. The number of urea groups is 1. The highest BCUT2D eigenvalue weighted by atomic mass is 35.5. The Morgan fingerprint density at radius 1 is 1.12 bits per heavy atom. The van der Waals surface area contributed by atoms with Crippen molar-refractivity contribution in [3.05, 3.63) is 71.4 Å². The Balaban J connectivity index is 1.62. The van der Waals surface area contributed by atoms with Crippen LogP contribution in [0.3, 0.4) is 0 Å². The normalized spacial score (nSPS) is 11.9. The van der Waals surface area contributed by atoms with Gasteiger partial charge in [0, 0.05) is 23.2 Å². The first-order valence-corrected chi connectivity index (χ1v) is 7.83. The molecule has 2 aromatic carbocycles. The average molecular weight is 342 g/mol. The van der Waals surface area contributed by atoms with Crippen LogP contribution >= 0.6 is 11.6 Å². The minimum Gasteiger partial charge on any atom is -0.387 e. The van der Waals surface area contributed by atoms with Crippen molar-refractivity contribution in [1.29, 1.82) is 0 Å². The Morgan fingerprint density at radius 2 is 1.88 bits per heavy atom. The summed E-state index contributed by atoms with van der Waals surface area (Å²) in [6.07, 6.45) is 0.869. The lowest BCUT2D eigenvalue weighted by atomic mass is 10.1. The number of hydrogen-bond donors (Lipinski definition) is 3. The van der Waals surface area contributed by atoms with Crippen molar-refractivity contribution < 1.29 is 9.90 Å². The SMILES string of the molecule is O=C(NCC(O)c1ccc(Cl)cc1)Nc1cccc2cccnc12. The number of aliphatic hydroxyl groups excluding tert-OH is 1. The van der Waals surface area contributed by atoms with E-state index < -0.39 is 12.1 Å². The van der Waals surface area contributed by atoms with Gasteiger partial charge in [-0.3, -0.25) is 4.98 Å². The highest BCUT2D eigenvalue weighted by Gasteiger charge is 2.10. The van der Waals surface area contributed by atoms with E-state index in [1.54, 1.807) is 36.5 Å². The van der Waals surface area contributed by atoms with E-state index in [9.17, 15) is 9.90 Å². The van der Waals surface area contributed by atoms with E-state index in [1.807, 2.05) is 24.3 Å². The van der Waals surface area contributed by atoms with Crippen molar-refractivity contribution in [1.82, 2.24) is 10.3 Å². The van der Waals surface area contributed by atoms with Crippen LogP contribution in [0.1, 0.15) is 11.7 Å². The van der Waals surface area contributed by atoms with Gasteiger partial charge in [-0.05, 0) is 29.8 Å². The number of anilines is 1. The number of benzene rings is 2. The lowest BCUT2D eigenvalue weighted by Crippen LogP contribution is -2.32. The molecule has 3 N–H and O–H groups in total. The third-order valence-electron chi connectivity index (χ3n) is 3.59. The first kappa shape index (κ1) is 16.2. The number of carbonyl (C=O) groups is 1. The van der Waals surface area contributed by atoms with Gasteiger partial charge in [-0.25, -0.2) is 4.79 Å². The summed E-state index contributed by atoms with van der Waals surface area (Å²) in [7, 11) is 0. The molecule has 6 heteroatoms. The molecule has 0 bridgehead atoms. The van der Waals surface area contributed by atoms with Gasteiger partial charge < -0.3 is 15.7 Å². The van der Waals surface area contributed by atoms with Gasteiger partial charge in [0.2, 0.25) is 0 Å². The first-order valence-electron chi connectivity index (χ1n) is 7.45. The molecule has 0 aliphatic carbocycles. The van der Waals surface area contributed by atoms with E-state index in [1.165, 1.54) is 0 Å². The zero-order chi connectivity index (χ0) is 16.9. The highest BCUT2D eigenvalue weighted by molar-refractivity contribution is 6.30. The second-order valence-corrected chi connectivity index (χ2v) is 5.72. The number of rotatable bonds is 4. The van der Waals surface area contributed by atoms with E-state index in [-0.39, 0.29) is 6.54 Å². The Morgan fingerprint density at radius 3 is 2.67 bits per heavy atom. The number of para-hydroxylation sites is 1. The second kappa shape index (κ2) is 7.29. The molecule has 2 amide bonds. The number of hydrogen-bond acceptors (Lipinski definition) is 3. The van der Waals surface area contributed by atoms with Crippen LogP contribution in [0.15, 0.2) is 60.8 Å². The first-order chi connectivity index (χ1) is 11.6. The number of halogens is 1. The van der Waals surface area contributed by atoms with Crippen LogP contribution < -0.4 is 10.6 Å². The topological polar surface area (TPSA) is 74.2 Å². The fourth-order valence-electron chi connectivity index (χ4n) is 2.36. The van der Waals surface area contributed by atoms with Gasteiger partial charge in [-0.15, -0.1) is 0 Å². The van der Waals surface area contributed by atoms with E-state index in [2.05, 4.69) is 15.6 Å². The molecule has 122 valence electrons. The molecule has 0 saturated carbocycles. The van der Waals surface area contributed by atoms with Crippen LogP contribution in [0.25, 0.3) is 10.9 Å². The largest absolute Gasteiger partial charge is 0.387 e. The Bertz CT molecular complexity index is 847.